The highest BCUT2D eigenvalue weighted by atomic mass is 16.4. The minimum atomic E-state index is -0.854. The number of carbonyl (C=O) groups excluding carboxylic acids is 2. The van der Waals surface area contributed by atoms with E-state index in [2.05, 4.69) is 10.6 Å². The second-order valence-electron chi connectivity index (χ2n) is 7.59. The van der Waals surface area contributed by atoms with Gasteiger partial charge in [0.2, 0.25) is 5.91 Å². The summed E-state index contributed by atoms with van der Waals surface area (Å²) < 4.78 is 0. The van der Waals surface area contributed by atoms with E-state index in [1.165, 1.54) is 0 Å². The van der Waals surface area contributed by atoms with Crippen molar-refractivity contribution in [3.8, 4) is 0 Å². The van der Waals surface area contributed by atoms with Crippen LogP contribution in [0.4, 0.5) is 0 Å². The normalized spacial score (nSPS) is 20.1. The molecule has 1 aliphatic carbocycles. The molecule has 6 heteroatoms. The minimum Gasteiger partial charge on any atom is -0.481 e. The molecule has 2 amide bonds. The zero-order valence-electron chi connectivity index (χ0n) is 15.0. The van der Waals surface area contributed by atoms with E-state index in [0.717, 1.165) is 12.0 Å². The minimum absolute atomic E-state index is 0.0322. The number of carbonyl (C=O) groups is 3. The second kappa shape index (κ2) is 7.68. The first-order chi connectivity index (χ1) is 11.7. The topological polar surface area (TPSA) is 95.5 Å². The molecule has 1 saturated carbocycles. The average Bonchev–Trinajstić information content (AvgIpc) is 3.00. The molecular formula is C19H26N2O4. The Bertz CT molecular complexity index is 646. The molecule has 0 saturated heterocycles. The molecule has 3 N–H and O–H groups in total. The monoisotopic (exact) mass is 346 g/mol. The summed E-state index contributed by atoms with van der Waals surface area (Å²) >= 11 is 0. The molecule has 6 nitrogen and oxygen atoms in total. The first-order valence-corrected chi connectivity index (χ1v) is 8.59. The van der Waals surface area contributed by atoms with Crippen molar-refractivity contribution >= 4 is 17.8 Å². The number of carboxylic acid groups (broad SMARTS) is 1. The Morgan fingerprint density at radius 3 is 2.32 bits per heavy atom. The number of rotatable bonds is 5. The number of carboxylic acids is 1. The van der Waals surface area contributed by atoms with Gasteiger partial charge in [-0.1, -0.05) is 39.3 Å². The number of hydrogen-bond donors (Lipinski definition) is 3. The van der Waals surface area contributed by atoms with E-state index in [1.54, 1.807) is 24.3 Å². The Morgan fingerprint density at radius 1 is 1.12 bits per heavy atom. The van der Waals surface area contributed by atoms with E-state index in [-0.39, 0.29) is 17.9 Å². The Hall–Kier alpha value is -2.37. The van der Waals surface area contributed by atoms with Crippen LogP contribution in [0.2, 0.25) is 0 Å². The van der Waals surface area contributed by atoms with Gasteiger partial charge >= 0.3 is 5.97 Å². The van der Waals surface area contributed by atoms with Crippen LogP contribution >= 0.6 is 0 Å². The third kappa shape index (κ3) is 5.05. The van der Waals surface area contributed by atoms with Gasteiger partial charge in [0.25, 0.3) is 5.91 Å². The molecule has 0 aliphatic heterocycles. The van der Waals surface area contributed by atoms with Gasteiger partial charge in [-0.3, -0.25) is 14.4 Å². The van der Waals surface area contributed by atoms with Gasteiger partial charge in [0, 0.05) is 23.6 Å². The van der Waals surface area contributed by atoms with Crippen LogP contribution in [0, 0.1) is 11.3 Å². The summed E-state index contributed by atoms with van der Waals surface area (Å²) in [4.78, 5) is 35.4. The Morgan fingerprint density at radius 2 is 1.76 bits per heavy atom. The van der Waals surface area contributed by atoms with E-state index < -0.39 is 17.3 Å². The molecule has 1 fully saturated rings. The summed E-state index contributed by atoms with van der Waals surface area (Å²) in [6, 6.07) is 6.66. The number of nitrogens with one attached hydrogen (secondary N) is 2. The molecule has 1 aromatic carbocycles. The van der Waals surface area contributed by atoms with Crippen LogP contribution in [0.25, 0.3) is 0 Å². The summed E-state index contributed by atoms with van der Waals surface area (Å²) in [5.41, 5.74) is 0.947. The summed E-state index contributed by atoms with van der Waals surface area (Å²) in [5.74, 6) is -1.65. The van der Waals surface area contributed by atoms with Crippen molar-refractivity contribution < 1.29 is 19.5 Å². The van der Waals surface area contributed by atoms with E-state index in [9.17, 15) is 19.5 Å². The maximum atomic E-state index is 12.3. The van der Waals surface area contributed by atoms with Gasteiger partial charge in [0.05, 0.1) is 5.92 Å². The molecule has 0 heterocycles. The van der Waals surface area contributed by atoms with Crippen molar-refractivity contribution in [1.82, 2.24) is 10.6 Å². The van der Waals surface area contributed by atoms with Crippen molar-refractivity contribution in [2.75, 3.05) is 0 Å². The van der Waals surface area contributed by atoms with Crippen LogP contribution in [-0.2, 0) is 16.1 Å². The van der Waals surface area contributed by atoms with Crippen molar-refractivity contribution in [2.45, 2.75) is 52.6 Å². The maximum absolute atomic E-state index is 12.3. The summed E-state index contributed by atoms with van der Waals surface area (Å²) in [5, 5.41) is 14.9. The first kappa shape index (κ1) is 19.0. The molecule has 2 atom stereocenters. The van der Waals surface area contributed by atoms with Crippen molar-refractivity contribution in [3.05, 3.63) is 35.4 Å². The molecule has 0 radical (unpaired) electrons. The van der Waals surface area contributed by atoms with Gasteiger partial charge in [-0.2, -0.15) is 0 Å². The lowest BCUT2D eigenvalue weighted by atomic mass is 9.95. The predicted molar refractivity (Wildman–Crippen MR) is 94.0 cm³/mol. The van der Waals surface area contributed by atoms with Gasteiger partial charge in [-0.05, 0) is 30.5 Å². The smallest absolute Gasteiger partial charge is 0.308 e. The van der Waals surface area contributed by atoms with Crippen molar-refractivity contribution in [2.24, 2.45) is 11.3 Å². The van der Waals surface area contributed by atoms with Crippen LogP contribution in [-0.4, -0.2) is 28.9 Å². The zero-order chi connectivity index (χ0) is 18.6. The van der Waals surface area contributed by atoms with Crippen molar-refractivity contribution in [3.63, 3.8) is 0 Å². The fourth-order valence-electron chi connectivity index (χ4n) is 2.90. The fraction of sp³-hybridized carbons (Fsp3) is 0.526. The van der Waals surface area contributed by atoms with Gasteiger partial charge in [0.1, 0.15) is 0 Å². The molecular weight excluding hydrogens is 320 g/mol. The molecule has 1 aliphatic rings. The van der Waals surface area contributed by atoms with Gasteiger partial charge in [-0.25, -0.2) is 0 Å². The third-order valence-corrected chi connectivity index (χ3v) is 4.50. The molecule has 0 unspecified atom stereocenters. The van der Waals surface area contributed by atoms with E-state index >= 15 is 0 Å². The largest absolute Gasteiger partial charge is 0.481 e. The van der Waals surface area contributed by atoms with E-state index in [0.29, 0.717) is 24.9 Å². The summed E-state index contributed by atoms with van der Waals surface area (Å²) in [7, 11) is 0. The molecule has 136 valence electrons. The molecule has 1 aromatic rings. The van der Waals surface area contributed by atoms with Gasteiger partial charge in [-0.15, -0.1) is 0 Å². The zero-order valence-corrected chi connectivity index (χ0v) is 15.0. The lowest BCUT2D eigenvalue weighted by molar-refractivity contribution is -0.142. The van der Waals surface area contributed by atoms with Gasteiger partial charge < -0.3 is 15.7 Å². The Kier molecular flexibility index (Phi) is 5.82. The second-order valence-corrected chi connectivity index (χ2v) is 7.59. The molecule has 0 spiro atoms. The van der Waals surface area contributed by atoms with Crippen LogP contribution in [0.5, 0.6) is 0 Å². The Balaban J connectivity index is 1.92. The molecule has 0 aromatic heterocycles. The maximum Gasteiger partial charge on any atom is 0.308 e. The van der Waals surface area contributed by atoms with Crippen LogP contribution in [0.1, 0.15) is 56.0 Å². The van der Waals surface area contributed by atoms with Crippen LogP contribution in [0.3, 0.4) is 0 Å². The molecule has 2 rings (SSSR count). The van der Waals surface area contributed by atoms with E-state index in [1.807, 2.05) is 20.8 Å². The fourth-order valence-corrected chi connectivity index (χ4v) is 2.90. The highest BCUT2D eigenvalue weighted by Gasteiger charge is 2.34. The quantitative estimate of drug-likeness (QED) is 0.762. The third-order valence-electron chi connectivity index (χ3n) is 4.50. The summed E-state index contributed by atoms with van der Waals surface area (Å²) in [6.45, 7) is 5.96. The highest BCUT2D eigenvalue weighted by Crippen LogP contribution is 2.26. The first-order valence-electron chi connectivity index (χ1n) is 8.59. The number of aliphatic carboxylic acids is 1. The lowest BCUT2D eigenvalue weighted by Gasteiger charge is -2.18. The lowest BCUT2D eigenvalue weighted by Crippen LogP contribution is -2.40. The predicted octanol–water partition coefficient (Wildman–Crippen LogP) is 2.33. The number of benzene rings is 1. The van der Waals surface area contributed by atoms with Crippen LogP contribution in [0.15, 0.2) is 24.3 Å². The van der Waals surface area contributed by atoms with Crippen molar-refractivity contribution in [1.29, 1.82) is 0 Å². The molecule has 0 bridgehead atoms. The number of amides is 2. The van der Waals surface area contributed by atoms with E-state index in [4.69, 9.17) is 0 Å². The van der Waals surface area contributed by atoms with Gasteiger partial charge in [0.15, 0.2) is 0 Å². The molecule has 25 heavy (non-hydrogen) atoms. The standard InChI is InChI=1S/C19H26N2O4/c1-19(2,3)18(25)20-11-12-7-9-13(10-8-12)16(22)21-15-6-4-5-14(15)17(23)24/h7-10,14-15H,4-6,11H2,1-3H3,(H,20,25)(H,21,22)(H,23,24)/t14-,15+/m0/s1. The van der Waals surface area contributed by atoms with Crippen LogP contribution < -0.4 is 10.6 Å². The Labute approximate surface area is 148 Å². The highest BCUT2D eigenvalue weighted by molar-refractivity contribution is 5.94. The average molecular weight is 346 g/mol. The SMILES string of the molecule is CC(C)(C)C(=O)NCc1ccc(C(=O)N[C@@H]2CCC[C@@H]2C(=O)O)cc1. The summed E-state index contributed by atoms with van der Waals surface area (Å²) in [6.07, 6.45) is 2.11. The number of hydrogen-bond acceptors (Lipinski definition) is 3.